The molecule has 0 unspecified atom stereocenters. The van der Waals surface area contributed by atoms with Crippen LogP contribution in [0.2, 0.25) is 0 Å². The molecule has 1 aromatic heterocycles. The lowest BCUT2D eigenvalue weighted by Gasteiger charge is -2.28. The van der Waals surface area contributed by atoms with Gasteiger partial charge in [0, 0.05) is 30.0 Å². The summed E-state index contributed by atoms with van der Waals surface area (Å²) in [4.78, 5) is 6.23. The van der Waals surface area contributed by atoms with E-state index in [1.807, 2.05) is 4.90 Å². The van der Waals surface area contributed by atoms with Crippen molar-refractivity contribution in [2.75, 3.05) is 18.0 Å². The van der Waals surface area contributed by atoms with Gasteiger partial charge in [-0.2, -0.15) is 0 Å². The van der Waals surface area contributed by atoms with Crippen LogP contribution in [0, 0.1) is 0 Å². The average Bonchev–Trinajstić information content (AvgIpc) is 2.29. The Hall–Kier alpha value is -0.810. The largest absolute Gasteiger partial charge is 0.356 e. The molecule has 1 fully saturated rings. The number of piperidine rings is 1. The van der Waals surface area contributed by atoms with E-state index in [1.165, 1.54) is 12.5 Å². The molecule has 2 rings (SSSR count). The van der Waals surface area contributed by atoms with Gasteiger partial charge in [-0.25, -0.2) is 13.4 Å². The summed E-state index contributed by atoms with van der Waals surface area (Å²) in [6.45, 7) is 1.69. The first kappa shape index (κ1) is 11.7. The topological polar surface area (TPSA) is 50.3 Å². The molecule has 88 valence electrons. The highest BCUT2D eigenvalue weighted by molar-refractivity contribution is 8.13. The van der Waals surface area contributed by atoms with Crippen LogP contribution in [0.5, 0.6) is 0 Å². The van der Waals surface area contributed by atoms with Crippen molar-refractivity contribution in [3.8, 4) is 0 Å². The zero-order valence-electron chi connectivity index (χ0n) is 8.76. The second-order valence-corrected chi connectivity index (χ2v) is 6.35. The molecule has 16 heavy (non-hydrogen) atoms. The molecule has 4 nitrogen and oxygen atoms in total. The molecular weight excluding hydrogens is 248 g/mol. The van der Waals surface area contributed by atoms with Crippen molar-refractivity contribution in [2.24, 2.45) is 0 Å². The average molecular weight is 261 g/mol. The lowest BCUT2D eigenvalue weighted by Crippen LogP contribution is -2.31. The zero-order valence-corrected chi connectivity index (χ0v) is 10.3. The first-order valence-corrected chi connectivity index (χ1v) is 7.54. The molecule has 0 saturated carbocycles. The molecule has 0 amide bonds. The van der Waals surface area contributed by atoms with Gasteiger partial charge in [-0.05, 0) is 31.4 Å². The highest BCUT2D eigenvalue weighted by Gasteiger charge is 2.21. The summed E-state index contributed by atoms with van der Waals surface area (Å²) in [5, 5.41) is 0. The number of pyridine rings is 1. The van der Waals surface area contributed by atoms with Gasteiger partial charge in [0.05, 0.1) is 0 Å². The van der Waals surface area contributed by atoms with Crippen LogP contribution in [0.1, 0.15) is 19.3 Å². The minimum Gasteiger partial charge on any atom is -0.356 e. The number of rotatable bonds is 2. The first-order valence-electron chi connectivity index (χ1n) is 5.23. The smallest absolute Gasteiger partial charge is 0.264 e. The van der Waals surface area contributed by atoms with Gasteiger partial charge >= 0.3 is 0 Å². The maximum Gasteiger partial charge on any atom is 0.264 e. The summed E-state index contributed by atoms with van der Waals surface area (Å²) in [6, 6.07) is 3.09. The van der Waals surface area contributed by atoms with E-state index in [2.05, 4.69) is 4.98 Å². The van der Waals surface area contributed by atoms with Crippen LogP contribution < -0.4 is 4.90 Å². The Morgan fingerprint density at radius 2 is 1.94 bits per heavy atom. The maximum absolute atomic E-state index is 11.4. The van der Waals surface area contributed by atoms with Gasteiger partial charge < -0.3 is 4.90 Å². The van der Waals surface area contributed by atoms with E-state index in [-0.39, 0.29) is 4.90 Å². The quantitative estimate of drug-likeness (QED) is 0.764. The van der Waals surface area contributed by atoms with Gasteiger partial charge in [0.2, 0.25) is 0 Å². The molecule has 0 aliphatic carbocycles. The zero-order chi connectivity index (χ0) is 11.6. The monoisotopic (exact) mass is 260 g/mol. The molecule has 0 aromatic carbocycles. The fourth-order valence-corrected chi connectivity index (χ4v) is 2.92. The highest BCUT2D eigenvalue weighted by Crippen LogP contribution is 2.27. The summed E-state index contributed by atoms with van der Waals surface area (Å²) >= 11 is 0. The van der Waals surface area contributed by atoms with Gasteiger partial charge in [-0.15, -0.1) is 0 Å². The van der Waals surface area contributed by atoms with Crippen molar-refractivity contribution in [3.05, 3.63) is 18.3 Å². The van der Waals surface area contributed by atoms with Crippen LogP contribution in [-0.2, 0) is 9.05 Å². The number of nitrogens with zero attached hydrogens (tertiary/aromatic N) is 2. The number of hydrogen-bond donors (Lipinski definition) is 0. The van der Waals surface area contributed by atoms with Gasteiger partial charge in [0.1, 0.15) is 10.7 Å². The summed E-state index contributed by atoms with van der Waals surface area (Å²) in [6.07, 6.45) is 4.92. The van der Waals surface area contributed by atoms with E-state index in [9.17, 15) is 8.42 Å². The van der Waals surface area contributed by atoms with Gasteiger partial charge in [-0.3, -0.25) is 0 Å². The SMILES string of the molecule is O=S(=O)(Cl)c1cccnc1N1CCCCC1. The lowest BCUT2D eigenvalue weighted by molar-refractivity contribution is 0.567. The fraction of sp³-hybridized carbons (Fsp3) is 0.500. The molecule has 0 N–H and O–H groups in total. The van der Waals surface area contributed by atoms with Gasteiger partial charge in [0.15, 0.2) is 0 Å². The summed E-state index contributed by atoms with van der Waals surface area (Å²) in [5.74, 6) is 0.484. The van der Waals surface area contributed by atoms with Crippen LogP contribution in [0.25, 0.3) is 0 Å². The third kappa shape index (κ3) is 2.47. The van der Waals surface area contributed by atoms with E-state index in [1.54, 1.807) is 12.3 Å². The molecule has 1 aliphatic heterocycles. The van der Waals surface area contributed by atoms with E-state index in [4.69, 9.17) is 10.7 Å². The minimum atomic E-state index is -3.71. The number of anilines is 1. The minimum absolute atomic E-state index is 0.110. The normalized spacial score (nSPS) is 17.4. The van der Waals surface area contributed by atoms with Crippen LogP contribution in [0.15, 0.2) is 23.2 Å². The number of hydrogen-bond acceptors (Lipinski definition) is 4. The summed E-state index contributed by atoms with van der Waals surface area (Å²) in [5.41, 5.74) is 0. The standard InChI is InChI=1S/C10H13ClN2O2S/c11-16(14,15)9-5-4-6-12-10(9)13-7-2-1-3-8-13/h4-6H,1-3,7-8H2. The van der Waals surface area contributed by atoms with Gasteiger partial charge in [0.25, 0.3) is 9.05 Å². The van der Waals surface area contributed by atoms with E-state index in [0.717, 1.165) is 25.9 Å². The number of aromatic nitrogens is 1. The van der Waals surface area contributed by atoms with Crippen molar-refractivity contribution in [1.29, 1.82) is 0 Å². The Labute approximate surface area is 99.7 Å². The highest BCUT2D eigenvalue weighted by atomic mass is 35.7. The molecule has 1 saturated heterocycles. The van der Waals surface area contributed by atoms with E-state index in [0.29, 0.717) is 5.82 Å². The van der Waals surface area contributed by atoms with Crippen molar-refractivity contribution >= 4 is 25.6 Å². The second kappa shape index (κ2) is 4.59. The Kier molecular flexibility index (Phi) is 3.35. The van der Waals surface area contributed by atoms with Crippen LogP contribution in [-0.4, -0.2) is 26.5 Å². The van der Waals surface area contributed by atoms with Crippen molar-refractivity contribution in [3.63, 3.8) is 0 Å². The van der Waals surface area contributed by atoms with Crippen molar-refractivity contribution < 1.29 is 8.42 Å². The van der Waals surface area contributed by atoms with Crippen molar-refractivity contribution in [2.45, 2.75) is 24.2 Å². The van der Waals surface area contributed by atoms with Crippen molar-refractivity contribution in [1.82, 2.24) is 4.98 Å². The molecule has 1 aliphatic rings. The molecule has 0 bridgehead atoms. The Morgan fingerprint density at radius 3 is 2.56 bits per heavy atom. The van der Waals surface area contributed by atoms with E-state index >= 15 is 0 Å². The van der Waals surface area contributed by atoms with E-state index < -0.39 is 9.05 Å². The van der Waals surface area contributed by atoms with Crippen LogP contribution in [0.3, 0.4) is 0 Å². The molecule has 2 heterocycles. The third-order valence-corrected chi connectivity index (χ3v) is 4.01. The summed E-state index contributed by atoms with van der Waals surface area (Å²) in [7, 11) is 1.67. The third-order valence-electron chi connectivity index (χ3n) is 2.67. The molecule has 1 aromatic rings. The fourth-order valence-electron chi connectivity index (χ4n) is 1.92. The maximum atomic E-state index is 11.4. The van der Waals surface area contributed by atoms with Crippen LogP contribution in [0.4, 0.5) is 5.82 Å². The molecule has 6 heteroatoms. The molecular formula is C10H13ClN2O2S. The first-order chi connectivity index (χ1) is 7.59. The molecule has 0 spiro atoms. The summed E-state index contributed by atoms with van der Waals surface area (Å²) < 4.78 is 22.8. The molecule has 0 atom stereocenters. The predicted octanol–water partition coefficient (Wildman–Crippen LogP) is 2.00. The number of halogens is 1. The van der Waals surface area contributed by atoms with Gasteiger partial charge in [-0.1, -0.05) is 0 Å². The van der Waals surface area contributed by atoms with Crippen LogP contribution >= 0.6 is 10.7 Å². The predicted molar refractivity (Wildman–Crippen MR) is 63.3 cm³/mol. The Balaban J connectivity index is 2.40. The lowest BCUT2D eigenvalue weighted by atomic mass is 10.1. The Bertz CT molecular complexity index is 469. The Morgan fingerprint density at radius 1 is 1.25 bits per heavy atom. The molecule has 0 radical (unpaired) electrons. The second-order valence-electron chi connectivity index (χ2n) is 3.81.